The number of nitrogens with zero attached hydrogens (tertiary/aromatic N) is 2. The van der Waals surface area contributed by atoms with E-state index in [4.69, 9.17) is 0 Å². The summed E-state index contributed by atoms with van der Waals surface area (Å²) in [6, 6.07) is 0. The lowest BCUT2D eigenvalue weighted by molar-refractivity contribution is 0.400. The van der Waals surface area contributed by atoms with Crippen molar-refractivity contribution in [1.29, 1.82) is 0 Å². The summed E-state index contributed by atoms with van der Waals surface area (Å²) in [4.78, 5) is 0. The summed E-state index contributed by atoms with van der Waals surface area (Å²) in [5.41, 5.74) is 0.881. The largest absolute Gasteiger partial charge is 0.317 e. The van der Waals surface area contributed by atoms with E-state index in [1.165, 1.54) is 0 Å². The van der Waals surface area contributed by atoms with Crippen LogP contribution in [0.3, 0.4) is 0 Å². The lowest BCUT2D eigenvalue weighted by Gasteiger charge is -2.22. The molecule has 18 heavy (non-hydrogen) atoms. The Labute approximate surface area is 108 Å². The number of sulfonamides is 1. The van der Waals surface area contributed by atoms with Crippen LogP contribution in [0.25, 0.3) is 0 Å². The van der Waals surface area contributed by atoms with Crippen LogP contribution in [0.2, 0.25) is 0 Å². The number of aromatic nitrogens is 2. The van der Waals surface area contributed by atoms with E-state index in [-0.39, 0.29) is 11.7 Å². The number of nitrogens with one attached hydrogen (secondary N) is 2. The van der Waals surface area contributed by atoms with Gasteiger partial charge in [0.05, 0.1) is 11.9 Å². The lowest BCUT2D eigenvalue weighted by Crippen LogP contribution is -2.35. The lowest BCUT2D eigenvalue weighted by atomic mass is 10.0. The van der Waals surface area contributed by atoms with E-state index in [1.807, 2.05) is 13.2 Å². The Kier molecular flexibility index (Phi) is 4.36. The first-order chi connectivity index (χ1) is 8.55. The molecule has 1 aromatic heterocycles. The van der Waals surface area contributed by atoms with Gasteiger partial charge < -0.3 is 5.32 Å². The maximum atomic E-state index is 11.9. The maximum Gasteiger partial charge on any atom is 0.212 e. The summed E-state index contributed by atoms with van der Waals surface area (Å²) < 4.78 is 28.1. The fourth-order valence-electron chi connectivity index (χ4n) is 2.17. The highest BCUT2D eigenvalue weighted by Crippen LogP contribution is 2.13. The molecule has 1 aliphatic heterocycles. The molecule has 1 saturated heterocycles. The number of hydrogen-bond acceptors (Lipinski definition) is 4. The van der Waals surface area contributed by atoms with E-state index in [0.29, 0.717) is 6.54 Å². The van der Waals surface area contributed by atoms with Crippen LogP contribution in [-0.4, -0.2) is 37.0 Å². The van der Waals surface area contributed by atoms with Crippen molar-refractivity contribution in [2.24, 2.45) is 13.0 Å². The van der Waals surface area contributed by atoms with Crippen molar-refractivity contribution in [3.63, 3.8) is 0 Å². The number of piperidine rings is 1. The van der Waals surface area contributed by atoms with Crippen molar-refractivity contribution in [1.82, 2.24) is 19.8 Å². The zero-order chi connectivity index (χ0) is 13.0. The van der Waals surface area contributed by atoms with Crippen LogP contribution in [0.1, 0.15) is 18.4 Å². The van der Waals surface area contributed by atoms with Crippen molar-refractivity contribution in [2.45, 2.75) is 19.4 Å². The molecule has 2 rings (SSSR count). The van der Waals surface area contributed by atoms with Crippen LogP contribution < -0.4 is 10.0 Å². The van der Waals surface area contributed by atoms with E-state index in [1.54, 1.807) is 10.9 Å². The quantitative estimate of drug-likeness (QED) is 0.781. The summed E-state index contributed by atoms with van der Waals surface area (Å²) in [6.07, 6.45) is 5.36. The molecule has 0 spiro atoms. The fourth-order valence-corrected chi connectivity index (χ4v) is 3.63. The summed E-state index contributed by atoms with van der Waals surface area (Å²) >= 11 is 0. The molecular formula is C11H20N4O2S. The molecule has 1 fully saturated rings. The van der Waals surface area contributed by atoms with E-state index in [9.17, 15) is 8.42 Å². The van der Waals surface area contributed by atoms with Crippen LogP contribution in [-0.2, 0) is 23.6 Å². The van der Waals surface area contributed by atoms with Gasteiger partial charge in [0, 0.05) is 25.4 Å². The second-order valence-electron chi connectivity index (χ2n) is 4.82. The first kappa shape index (κ1) is 13.5. The third-order valence-electron chi connectivity index (χ3n) is 3.17. The SMILES string of the molecule is Cn1cc(CNS(=O)(=O)CC2CCNCC2)cn1. The van der Waals surface area contributed by atoms with Gasteiger partial charge in [-0.1, -0.05) is 0 Å². The Hall–Kier alpha value is -0.920. The van der Waals surface area contributed by atoms with Crippen molar-refractivity contribution in [3.05, 3.63) is 18.0 Å². The number of rotatable bonds is 5. The van der Waals surface area contributed by atoms with Crippen molar-refractivity contribution < 1.29 is 8.42 Å². The van der Waals surface area contributed by atoms with Crippen molar-refractivity contribution >= 4 is 10.0 Å². The average Bonchev–Trinajstić information content (AvgIpc) is 2.74. The van der Waals surface area contributed by atoms with Crippen LogP contribution in [0, 0.1) is 5.92 Å². The molecule has 0 radical (unpaired) electrons. The second kappa shape index (κ2) is 5.81. The van der Waals surface area contributed by atoms with Crippen molar-refractivity contribution in [3.8, 4) is 0 Å². The van der Waals surface area contributed by atoms with Gasteiger partial charge in [0.2, 0.25) is 10.0 Å². The summed E-state index contributed by atoms with van der Waals surface area (Å²) in [5.74, 6) is 0.507. The predicted molar refractivity (Wildman–Crippen MR) is 69.4 cm³/mol. The molecule has 0 atom stereocenters. The zero-order valence-electron chi connectivity index (χ0n) is 10.6. The molecule has 2 heterocycles. The van der Waals surface area contributed by atoms with Gasteiger partial charge in [0.25, 0.3) is 0 Å². The van der Waals surface area contributed by atoms with Gasteiger partial charge in [0.15, 0.2) is 0 Å². The van der Waals surface area contributed by atoms with Crippen LogP contribution in [0.4, 0.5) is 0 Å². The van der Waals surface area contributed by atoms with Crippen molar-refractivity contribution in [2.75, 3.05) is 18.8 Å². The van der Waals surface area contributed by atoms with Crippen LogP contribution in [0.5, 0.6) is 0 Å². The predicted octanol–water partition coefficient (Wildman–Crippen LogP) is -0.161. The first-order valence-corrected chi connectivity index (χ1v) is 7.86. The molecule has 0 unspecified atom stereocenters. The standard InChI is InChI=1S/C11H20N4O2S/c1-15-8-11(6-13-15)7-14-18(16,17)9-10-2-4-12-5-3-10/h6,8,10,12,14H,2-5,7,9H2,1H3. The molecule has 102 valence electrons. The van der Waals surface area contributed by atoms with Crippen LogP contribution in [0.15, 0.2) is 12.4 Å². The van der Waals surface area contributed by atoms with Gasteiger partial charge in [-0.3, -0.25) is 4.68 Å². The minimum atomic E-state index is -3.18. The highest BCUT2D eigenvalue weighted by molar-refractivity contribution is 7.89. The minimum absolute atomic E-state index is 0.231. The summed E-state index contributed by atoms with van der Waals surface area (Å²) in [7, 11) is -1.37. The van der Waals surface area contributed by atoms with Gasteiger partial charge in [-0.2, -0.15) is 5.10 Å². The highest BCUT2D eigenvalue weighted by atomic mass is 32.2. The van der Waals surface area contributed by atoms with Crippen LogP contribution >= 0.6 is 0 Å². The molecule has 0 saturated carbocycles. The molecule has 7 heteroatoms. The Morgan fingerprint density at radius 2 is 2.22 bits per heavy atom. The van der Waals surface area contributed by atoms with E-state index >= 15 is 0 Å². The Morgan fingerprint density at radius 1 is 1.50 bits per heavy atom. The maximum absolute atomic E-state index is 11.9. The Balaban J connectivity index is 1.83. The molecule has 0 aliphatic carbocycles. The van der Waals surface area contributed by atoms with Gasteiger partial charge >= 0.3 is 0 Å². The smallest absolute Gasteiger partial charge is 0.212 e. The van der Waals surface area contributed by atoms with E-state index < -0.39 is 10.0 Å². The molecular weight excluding hydrogens is 252 g/mol. The summed E-state index contributed by atoms with van der Waals surface area (Å²) in [5, 5.41) is 7.24. The van der Waals surface area contributed by atoms with Gasteiger partial charge in [-0.15, -0.1) is 0 Å². The average molecular weight is 272 g/mol. The zero-order valence-corrected chi connectivity index (χ0v) is 11.4. The number of aryl methyl sites for hydroxylation is 1. The van der Waals surface area contributed by atoms with Gasteiger partial charge in [-0.25, -0.2) is 13.1 Å². The van der Waals surface area contributed by atoms with E-state index in [2.05, 4.69) is 15.1 Å². The summed E-state index contributed by atoms with van der Waals surface area (Å²) in [6.45, 7) is 2.16. The molecule has 1 aromatic rings. The Bertz CT molecular complexity index is 477. The third kappa shape index (κ3) is 4.08. The first-order valence-electron chi connectivity index (χ1n) is 6.21. The van der Waals surface area contributed by atoms with Gasteiger partial charge in [-0.05, 0) is 31.8 Å². The monoisotopic (exact) mass is 272 g/mol. The Morgan fingerprint density at radius 3 is 2.83 bits per heavy atom. The molecule has 0 bridgehead atoms. The fraction of sp³-hybridized carbons (Fsp3) is 0.727. The molecule has 2 N–H and O–H groups in total. The molecule has 6 nitrogen and oxygen atoms in total. The van der Waals surface area contributed by atoms with E-state index in [0.717, 1.165) is 31.5 Å². The molecule has 0 amide bonds. The highest BCUT2D eigenvalue weighted by Gasteiger charge is 2.20. The molecule has 0 aromatic carbocycles. The normalized spacial score (nSPS) is 18.1. The third-order valence-corrected chi connectivity index (χ3v) is 4.66. The minimum Gasteiger partial charge on any atom is -0.317 e. The molecule has 1 aliphatic rings. The second-order valence-corrected chi connectivity index (χ2v) is 6.67. The number of hydrogen-bond donors (Lipinski definition) is 2. The van der Waals surface area contributed by atoms with Gasteiger partial charge in [0.1, 0.15) is 0 Å². The topological polar surface area (TPSA) is 76.0 Å².